The summed E-state index contributed by atoms with van der Waals surface area (Å²) in [5, 5.41) is 8.86. The van der Waals surface area contributed by atoms with Gasteiger partial charge in [-0.15, -0.1) is 0 Å². The van der Waals surface area contributed by atoms with E-state index in [0.29, 0.717) is 5.76 Å². The van der Waals surface area contributed by atoms with Crippen LogP contribution in [0.1, 0.15) is 34.8 Å². The minimum Gasteiger partial charge on any atom is -0.475 e. The Morgan fingerprint density at radius 1 is 1.35 bits per heavy atom. The Morgan fingerprint density at radius 2 is 2.05 bits per heavy atom. The number of hydrogen-bond acceptors (Lipinski definition) is 4. The molecule has 1 N–H and O–H groups in total. The Balaban J connectivity index is 1.94. The summed E-state index contributed by atoms with van der Waals surface area (Å²) < 4.78 is 5.33. The molecule has 1 atom stereocenters. The maximum Gasteiger partial charge on any atom is 0.371 e. The first-order valence-corrected chi connectivity index (χ1v) is 6.50. The van der Waals surface area contributed by atoms with Crippen molar-refractivity contribution < 1.29 is 14.3 Å². The molecule has 2 heterocycles. The summed E-state index contributed by atoms with van der Waals surface area (Å²) in [7, 11) is 1.99. The van der Waals surface area contributed by atoms with Crippen molar-refractivity contribution >= 4 is 5.97 Å². The van der Waals surface area contributed by atoms with E-state index < -0.39 is 5.97 Å². The second kappa shape index (κ2) is 6.34. The van der Waals surface area contributed by atoms with Crippen LogP contribution in [-0.4, -0.2) is 34.6 Å². The second-order valence-corrected chi connectivity index (χ2v) is 4.77. The van der Waals surface area contributed by atoms with E-state index in [-0.39, 0.29) is 11.8 Å². The third-order valence-electron chi connectivity index (χ3n) is 3.41. The molecule has 0 aliphatic heterocycles. The quantitative estimate of drug-likeness (QED) is 0.877. The largest absolute Gasteiger partial charge is 0.475 e. The molecule has 0 bridgehead atoms. The Hall–Kier alpha value is -2.14. The zero-order valence-corrected chi connectivity index (χ0v) is 11.6. The number of carboxylic acids is 1. The number of furan rings is 1. The van der Waals surface area contributed by atoms with Gasteiger partial charge < -0.3 is 9.52 Å². The average Bonchev–Trinajstić information content (AvgIpc) is 2.95. The van der Waals surface area contributed by atoms with Crippen LogP contribution in [0.15, 0.2) is 41.1 Å². The van der Waals surface area contributed by atoms with Gasteiger partial charge in [0, 0.05) is 18.9 Å². The van der Waals surface area contributed by atoms with Crippen LogP contribution < -0.4 is 0 Å². The van der Waals surface area contributed by atoms with E-state index in [1.54, 1.807) is 18.5 Å². The average molecular weight is 274 g/mol. The number of carboxylic acid groups (broad SMARTS) is 1. The number of nitrogens with zero attached hydrogens (tertiary/aromatic N) is 2. The number of rotatable bonds is 6. The first-order chi connectivity index (χ1) is 9.58. The van der Waals surface area contributed by atoms with Gasteiger partial charge in [-0.25, -0.2) is 4.79 Å². The van der Waals surface area contributed by atoms with E-state index in [0.717, 1.165) is 13.0 Å². The van der Waals surface area contributed by atoms with Crippen LogP contribution in [0.3, 0.4) is 0 Å². The first kappa shape index (κ1) is 14.3. The van der Waals surface area contributed by atoms with Crippen molar-refractivity contribution in [2.24, 2.45) is 0 Å². The molecule has 5 nitrogen and oxygen atoms in total. The number of hydrogen-bond donors (Lipinski definition) is 1. The maximum atomic E-state index is 10.8. The molecule has 0 aliphatic rings. The van der Waals surface area contributed by atoms with Gasteiger partial charge in [0.15, 0.2) is 0 Å². The summed E-state index contributed by atoms with van der Waals surface area (Å²) in [6.45, 7) is 2.85. The third kappa shape index (κ3) is 3.45. The summed E-state index contributed by atoms with van der Waals surface area (Å²) in [5.41, 5.74) is 1.23. The van der Waals surface area contributed by atoms with Gasteiger partial charge in [0.1, 0.15) is 5.76 Å². The fraction of sp³-hybridized carbons (Fsp3) is 0.333. The van der Waals surface area contributed by atoms with Gasteiger partial charge in [0.2, 0.25) is 5.76 Å². The maximum absolute atomic E-state index is 10.8. The highest BCUT2D eigenvalue weighted by molar-refractivity contribution is 5.84. The molecule has 0 saturated carbocycles. The lowest BCUT2D eigenvalue weighted by Gasteiger charge is -2.22. The molecular formula is C15H18N2O3. The topological polar surface area (TPSA) is 66.6 Å². The van der Waals surface area contributed by atoms with E-state index in [9.17, 15) is 4.79 Å². The van der Waals surface area contributed by atoms with Gasteiger partial charge in [0.25, 0.3) is 0 Å². The molecule has 0 spiro atoms. The molecule has 0 aromatic carbocycles. The molecule has 106 valence electrons. The SMILES string of the molecule is CC(c1ccc(C(=O)O)o1)N(C)CCc1ccncc1. The normalized spacial score (nSPS) is 12.6. The van der Waals surface area contributed by atoms with E-state index >= 15 is 0 Å². The van der Waals surface area contributed by atoms with Gasteiger partial charge in [-0.3, -0.25) is 9.88 Å². The van der Waals surface area contributed by atoms with Gasteiger partial charge in [-0.05, 0) is 50.2 Å². The molecule has 0 amide bonds. The van der Waals surface area contributed by atoms with Gasteiger partial charge in [-0.1, -0.05) is 0 Å². The number of pyridine rings is 1. The summed E-state index contributed by atoms with van der Waals surface area (Å²) in [6, 6.07) is 7.23. The van der Waals surface area contributed by atoms with Gasteiger partial charge >= 0.3 is 5.97 Å². The van der Waals surface area contributed by atoms with Crippen LogP contribution in [-0.2, 0) is 6.42 Å². The fourth-order valence-corrected chi connectivity index (χ4v) is 1.96. The van der Waals surface area contributed by atoms with Crippen molar-refractivity contribution in [3.05, 3.63) is 53.7 Å². The van der Waals surface area contributed by atoms with E-state index in [1.165, 1.54) is 11.6 Å². The minimum absolute atomic E-state index is 0.0191. The standard InChI is InChI=1S/C15H18N2O3/c1-11(13-3-4-14(20-13)15(18)19)17(2)10-7-12-5-8-16-9-6-12/h3-6,8-9,11H,7,10H2,1-2H3,(H,18,19). The van der Waals surface area contributed by atoms with E-state index in [1.807, 2.05) is 26.1 Å². The molecular weight excluding hydrogens is 256 g/mol. The molecule has 20 heavy (non-hydrogen) atoms. The zero-order chi connectivity index (χ0) is 14.5. The molecule has 2 aromatic heterocycles. The van der Waals surface area contributed by atoms with Crippen LogP contribution in [0.4, 0.5) is 0 Å². The zero-order valence-electron chi connectivity index (χ0n) is 11.6. The lowest BCUT2D eigenvalue weighted by molar-refractivity contribution is 0.0657. The molecule has 0 saturated heterocycles. The van der Waals surface area contributed by atoms with Crippen LogP contribution in [0, 0.1) is 0 Å². The summed E-state index contributed by atoms with van der Waals surface area (Å²) in [5.74, 6) is -0.392. The number of aromatic nitrogens is 1. The van der Waals surface area contributed by atoms with Crippen molar-refractivity contribution in [3.63, 3.8) is 0 Å². The predicted octanol–water partition coefficient (Wildman–Crippen LogP) is 2.61. The van der Waals surface area contributed by atoms with Gasteiger partial charge in [-0.2, -0.15) is 0 Å². The van der Waals surface area contributed by atoms with Crippen molar-refractivity contribution in [1.29, 1.82) is 0 Å². The highest BCUT2D eigenvalue weighted by Crippen LogP contribution is 2.21. The van der Waals surface area contributed by atoms with Crippen molar-refractivity contribution in [2.75, 3.05) is 13.6 Å². The number of aromatic carboxylic acids is 1. The predicted molar refractivity (Wildman–Crippen MR) is 74.7 cm³/mol. The molecule has 0 aliphatic carbocycles. The summed E-state index contributed by atoms with van der Waals surface area (Å²) >= 11 is 0. The first-order valence-electron chi connectivity index (χ1n) is 6.50. The highest BCUT2D eigenvalue weighted by Gasteiger charge is 2.17. The number of carbonyl (C=O) groups is 1. The van der Waals surface area contributed by atoms with Crippen molar-refractivity contribution in [2.45, 2.75) is 19.4 Å². The van der Waals surface area contributed by atoms with Crippen LogP contribution in [0.2, 0.25) is 0 Å². The Kier molecular flexibility index (Phi) is 4.53. The van der Waals surface area contributed by atoms with E-state index in [2.05, 4.69) is 9.88 Å². The molecule has 0 radical (unpaired) electrons. The fourth-order valence-electron chi connectivity index (χ4n) is 1.96. The minimum atomic E-state index is -1.04. The molecule has 0 fully saturated rings. The molecule has 1 unspecified atom stereocenters. The summed E-state index contributed by atoms with van der Waals surface area (Å²) in [4.78, 5) is 16.9. The van der Waals surface area contributed by atoms with E-state index in [4.69, 9.17) is 9.52 Å². The molecule has 5 heteroatoms. The Labute approximate surface area is 117 Å². The number of likely N-dealkylation sites (N-methyl/N-ethyl adjacent to an activating group) is 1. The van der Waals surface area contributed by atoms with Crippen molar-refractivity contribution in [1.82, 2.24) is 9.88 Å². The second-order valence-electron chi connectivity index (χ2n) is 4.77. The Morgan fingerprint density at radius 3 is 2.65 bits per heavy atom. The lowest BCUT2D eigenvalue weighted by atomic mass is 10.1. The summed E-state index contributed by atoms with van der Waals surface area (Å²) in [6.07, 6.45) is 4.48. The molecule has 2 aromatic rings. The van der Waals surface area contributed by atoms with Crippen LogP contribution >= 0.6 is 0 Å². The highest BCUT2D eigenvalue weighted by atomic mass is 16.4. The van der Waals surface area contributed by atoms with Crippen molar-refractivity contribution in [3.8, 4) is 0 Å². The third-order valence-corrected chi connectivity index (χ3v) is 3.41. The van der Waals surface area contributed by atoms with Crippen LogP contribution in [0.5, 0.6) is 0 Å². The van der Waals surface area contributed by atoms with Gasteiger partial charge in [0.05, 0.1) is 6.04 Å². The monoisotopic (exact) mass is 274 g/mol. The molecule has 2 rings (SSSR count). The van der Waals surface area contributed by atoms with Crippen LogP contribution in [0.25, 0.3) is 0 Å². The smallest absolute Gasteiger partial charge is 0.371 e. The Bertz CT molecular complexity index is 566. The lowest BCUT2D eigenvalue weighted by Crippen LogP contribution is -2.24.